The van der Waals surface area contributed by atoms with Gasteiger partial charge in [0.1, 0.15) is 0 Å². The SMILES string of the molecule is C=C[C@@H](/C=C/C=C/C)[C@@H](C)C(=O)O. The van der Waals surface area contributed by atoms with Gasteiger partial charge in [-0.15, -0.1) is 6.58 Å². The summed E-state index contributed by atoms with van der Waals surface area (Å²) in [5.41, 5.74) is 0. The lowest BCUT2D eigenvalue weighted by molar-refractivity contribution is -0.141. The molecule has 2 nitrogen and oxygen atoms in total. The Morgan fingerprint density at radius 1 is 1.46 bits per heavy atom. The minimum Gasteiger partial charge on any atom is -0.481 e. The highest BCUT2D eigenvalue weighted by atomic mass is 16.4. The van der Waals surface area contributed by atoms with E-state index >= 15 is 0 Å². The molecule has 0 radical (unpaired) electrons. The van der Waals surface area contributed by atoms with Crippen LogP contribution in [0.2, 0.25) is 0 Å². The van der Waals surface area contributed by atoms with E-state index in [9.17, 15) is 4.79 Å². The Morgan fingerprint density at radius 3 is 2.46 bits per heavy atom. The molecule has 0 aromatic carbocycles. The first-order chi connectivity index (χ1) is 6.13. The fraction of sp³-hybridized carbons (Fsp3) is 0.364. The van der Waals surface area contributed by atoms with E-state index < -0.39 is 11.9 Å². The van der Waals surface area contributed by atoms with Gasteiger partial charge >= 0.3 is 5.97 Å². The Hall–Kier alpha value is -1.31. The number of aliphatic carboxylic acids is 1. The molecule has 0 aliphatic heterocycles. The quantitative estimate of drug-likeness (QED) is 0.521. The third-order valence-corrected chi connectivity index (χ3v) is 1.88. The largest absolute Gasteiger partial charge is 0.481 e. The molecule has 2 atom stereocenters. The second kappa shape index (κ2) is 6.23. The highest BCUT2D eigenvalue weighted by molar-refractivity contribution is 5.70. The first-order valence-electron chi connectivity index (χ1n) is 4.28. The summed E-state index contributed by atoms with van der Waals surface area (Å²) in [4.78, 5) is 10.6. The van der Waals surface area contributed by atoms with Gasteiger partial charge in [0, 0.05) is 5.92 Å². The first-order valence-corrected chi connectivity index (χ1v) is 4.28. The summed E-state index contributed by atoms with van der Waals surface area (Å²) in [6.07, 6.45) is 9.09. The predicted octanol–water partition coefficient (Wildman–Crippen LogP) is 2.64. The lowest BCUT2D eigenvalue weighted by Gasteiger charge is -2.11. The van der Waals surface area contributed by atoms with Crippen LogP contribution in [0.25, 0.3) is 0 Å². The Bertz CT molecular complexity index is 226. The highest BCUT2D eigenvalue weighted by Crippen LogP contribution is 2.14. The summed E-state index contributed by atoms with van der Waals surface area (Å²) < 4.78 is 0. The molecule has 0 saturated carbocycles. The zero-order valence-corrected chi connectivity index (χ0v) is 8.10. The van der Waals surface area contributed by atoms with Gasteiger partial charge in [0.2, 0.25) is 0 Å². The monoisotopic (exact) mass is 180 g/mol. The average molecular weight is 180 g/mol. The minimum absolute atomic E-state index is 0.103. The molecule has 72 valence electrons. The summed E-state index contributed by atoms with van der Waals surface area (Å²) in [7, 11) is 0. The maximum atomic E-state index is 10.6. The lowest BCUT2D eigenvalue weighted by atomic mass is 9.94. The third kappa shape index (κ3) is 4.31. The lowest BCUT2D eigenvalue weighted by Crippen LogP contribution is -2.17. The Kier molecular flexibility index (Phi) is 5.60. The molecule has 0 unspecified atom stereocenters. The molecule has 0 aliphatic carbocycles. The van der Waals surface area contributed by atoms with Crippen LogP contribution in [0.3, 0.4) is 0 Å². The van der Waals surface area contributed by atoms with E-state index in [1.54, 1.807) is 13.0 Å². The van der Waals surface area contributed by atoms with Crippen molar-refractivity contribution in [3.8, 4) is 0 Å². The number of carbonyl (C=O) groups is 1. The van der Waals surface area contributed by atoms with Crippen molar-refractivity contribution in [2.24, 2.45) is 11.8 Å². The van der Waals surface area contributed by atoms with Crippen LogP contribution in [-0.4, -0.2) is 11.1 Å². The molecule has 0 amide bonds. The van der Waals surface area contributed by atoms with Gasteiger partial charge in [-0.1, -0.05) is 37.3 Å². The van der Waals surface area contributed by atoms with Crippen molar-refractivity contribution in [2.75, 3.05) is 0 Å². The van der Waals surface area contributed by atoms with Gasteiger partial charge in [-0.25, -0.2) is 0 Å². The number of carboxylic acids is 1. The van der Waals surface area contributed by atoms with Crippen LogP contribution in [0.4, 0.5) is 0 Å². The molecule has 13 heavy (non-hydrogen) atoms. The second-order valence-corrected chi connectivity index (χ2v) is 2.85. The van der Waals surface area contributed by atoms with E-state index in [2.05, 4.69) is 6.58 Å². The van der Waals surface area contributed by atoms with Crippen molar-refractivity contribution in [3.63, 3.8) is 0 Å². The zero-order valence-electron chi connectivity index (χ0n) is 8.10. The van der Waals surface area contributed by atoms with Crippen molar-refractivity contribution in [1.29, 1.82) is 0 Å². The van der Waals surface area contributed by atoms with Crippen LogP contribution < -0.4 is 0 Å². The molecule has 0 heterocycles. The van der Waals surface area contributed by atoms with Crippen LogP contribution in [-0.2, 0) is 4.79 Å². The van der Waals surface area contributed by atoms with Crippen molar-refractivity contribution in [1.82, 2.24) is 0 Å². The Labute approximate surface area is 79.3 Å². The van der Waals surface area contributed by atoms with E-state index in [4.69, 9.17) is 5.11 Å². The summed E-state index contributed by atoms with van der Waals surface area (Å²) in [5, 5.41) is 8.74. The fourth-order valence-electron chi connectivity index (χ4n) is 0.918. The number of rotatable bonds is 5. The molecular weight excluding hydrogens is 164 g/mol. The summed E-state index contributed by atoms with van der Waals surface area (Å²) in [6.45, 7) is 7.19. The van der Waals surface area contributed by atoms with Gasteiger partial charge in [-0.3, -0.25) is 4.79 Å². The molecule has 2 heteroatoms. The number of allylic oxidation sites excluding steroid dienone is 5. The normalized spacial score (nSPS) is 16.2. The third-order valence-electron chi connectivity index (χ3n) is 1.88. The van der Waals surface area contributed by atoms with Gasteiger partial charge in [0.25, 0.3) is 0 Å². The molecule has 1 N–H and O–H groups in total. The molecular formula is C11H16O2. The summed E-state index contributed by atoms with van der Waals surface area (Å²) in [6, 6.07) is 0. The van der Waals surface area contributed by atoms with Crippen LogP contribution in [0.1, 0.15) is 13.8 Å². The van der Waals surface area contributed by atoms with E-state index in [1.807, 2.05) is 31.2 Å². The van der Waals surface area contributed by atoms with E-state index in [0.717, 1.165) is 0 Å². The van der Waals surface area contributed by atoms with Crippen LogP contribution in [0.15, 0.2) is 37.0 Å². The molecule has 0 spiro atoms. The zero-order chi connectivity index (χ0) is 10.3. The smallest absolute Gasteiger partial charge is 0.307 e. The minimum atomic E-state index is -0.796. The molecule has 0 aliphatic rings. The maximum absolute atomic E-state index is 10.6. The average Bonchev–Trinajstić information content (AvgIpc) is 2.11. The molecule has 0 aromatic rings. The van der Waals surface area contributed by atoms with E-state index in [1.165, 1.54) is 0 Å². The number of hydrogen-bond acceptors (Lipinski definition) is 1. The molecule has 0 saturated heterocycles. The maximum Gasteiger partial charge on any atom is 0.307 e. The predicted molar refractivity (Wildman–Crippen MR) is 54.4 cm³/mol. The van der Waals surface area contributed by atoms with Crippen molar-refractivity contribution < 1.29 is 9.90 Å². The van der Waals surface area contributed by atoms with Crippen LogP contribution in [0.5, 0.6) is 0 Å². The molecule has 0 bridgehead atoms. The van der Waals surface area contributed by atoms with E-state index in [0.29, 0.717) is 0 Å². The van der Waals surface area contributed by atoms with Crippen LogP contribution in [0, 0.1) is 11.8 Å². The van der Waals surface area contributed by atoms with Crippen molar-refractivity contribution >= 4 is 5.97 Å². The van der Waals surface area contributed by atoms with Gasteiger partial charge in [0.05, 0.1) is 5.92 Å². The number of hydrogen-bond donors (Lipinski definition) is 1. The highest BCUT2D eigenvalue weighted by Gasteiger charge is 2.17. The van der Waals surface area contributed by atoms with Crippen molar-refractivity contribution in [2.45, 2.75) is 13.8 Å². The summed E-state index contributed by atoms with van der Waals surface area (Å²) >= 11 is 0. The Balaban J connectivity index is 4.33. The van der Waals surface area contributed by atoms with Gasteiger partial charge in [-0.05, 0) is 6.92 Å². The van der Waals surface area contributed by atoms with Gasteiger partial charge in [0.15, 0.2) is 0 Å². The second-order valence-electron chi connectivity index (χ2n) is 2.85. The van der Waals surface area contributed by atoms with Crippen LogP contribution >= 0.6 is 0 Å². The standard InChI is InChI=1S/C11H16O2/c1-4-6-7-8-10(5-2)9(3)11(12)13/h4-10H,2H2,1,3H3,(H,12,13)/b6-4+,8-7+/t9-,10+/m1/s1. The first kappa shape index (κ1) is 11.7. The molecule has 0 fully saturated rings. The topological polar surface area (TPSA) is 37.3 Å². The fourth-order valence-corrected chi connectivity index (χ4v) is 0.918. The molecule has 0 rings (SSSR count). The molecule has 0 aromatic heterocycles. The van der Waals surface area contributed by atoms with E-state index in [-0.39, 0.29) is 5.92 Å². The van der Waals surface area contributed by atoms with Crippen molar-refractivity contribution in [3.05, 3.63) is 37.0 Å². The van der Waals surface area contributed by atoms with Gasteiger partial charge < -0.3 is 5.11 Å². The number of carboxylic acid groups (broad SMARTS) is 1. The summed E-state index contributed by atoms with van der Waals surface area (Å²) in [5.74, 6) is -1.32. The Morgan fingerprint density at radius 2 is 2.08 bits per heavy atom. The van der Waals surface area contributed by atoms with Gasteiger partial charge in [-0.2, -0.15) is 0 Å².